The highest BCUT2D eigenvalue weighted by Gasteiger charge is 2.19. The molecule has 7 heteroatoms. The molecule has 3 N–H and O–H groups in total. The third-order valence-electron chi connectivity index (χ3n) is 5.86. The summed E-state index contributed by atoms with van der Waals surface area (Å²) in [6, 6.07) is 19.4. The van der Waals surface area contributed by atoms with Gasteiger partial charge >= 0.3 is 0 Å². The Kier molecular flexibility index (Phi) is 5.77. The van der Waals surface area contributed by atoms with Gasteiger partial charge < -0.3 is 11.1 Å². The molecule has 170 valence electrons. The SMILES string of the molecule is Cc1nn(-c2cccc(CN)c2)c2c(F)c(-c3ccc(CNc4ccncc4)cc3F)ccc12. The lowest BCUT2D eigenvalue weighted by atomic mass is 10.0. The number of anilines is 1. The molecule has 0 atom stereocenters. The summed E-state index contributed by atoms with van der Waals surface area (Å²) in [6.07, 6.45) is 3.37. The number of benzene rings is 3. The molecule has 5 rings (SSSR count). The van der Waals surface area contributed by atoms with Gasteiger partial charge in [-0.1, -0.05) is 36.4 Å². The van der Waals surface area contributed by atoms with E-state index >= 15 is 8.78 Å². The number of aryl methyl sites for hydroxylation is 1. The summed E-state index contributed by atoms with van der Waals surface area (Å²) in [5.41, 5.74) is 10.4. The van der Waals surface area contributed by atoms with E-state index in [9.17, 15) is 0 Å². The van der Waals surface area contributed by atoms with Crippen LogP contribution in [0, 0.1) is 18.6 Å². The van der Waals surface area contributed by atoms with Crippen molar-refractivity contribution in [3.05, 3.63) is 108 Å². The molecule has 0 radical (unpaired) electrons. The maximum absolute atomic E-state index is 15.9. The summed E-state index contributed by atoms with van der Waals surface area (Å²) in [6.45, 7) is 2.63. The average Bonchev–Trinajstić information content (AvgIpc) is 3.21. The van der Waals surface area contributed by atoms with E-state index in [2.05, 4.69) is 15.4 Å². The minimum Gasteiger partial charge on any atom is -0.381 e. The number of nitrogens with two attached hydrogens (primary N) is 1. The van der Waals surface area contributed by atoms with E-state index in [1.54, 1.807) is 41.3 Å². The third-order valence-corrected chi connectivity index (χ3v) is 5.86. The molecule has 5 nitrogen and oxygen atoms in total. The van der Waals surface area contributed by atoms with E-state index in [-0.39, 0.29) is 11.1 Å². The summed E-state index contributed by atoms with van der Waals surface area (Å²) in [5.74, 6) is -1.00. The van der Waals surface area contributed by atoms with Crippen LogP contribution >= 0.6 is 0 Å². The molecule has 0 saturated carbocycles. The molecule has 0 amide bonds. The number of hydrogen-bond donors (Lipinski definition) is 2. The van der Waals surface area contributed by atoms with Gasteiger partial charge in [0.15, 0.2) is 5.82 Å². The molecule has 0 fully saturated rings. The number of aromatic nitrogens is 3. The predicted molar refractivity (Wildman–Crippen MR) is 131 cm³/mol. The Hall–Kier alpha value is -4.10. The van der Waals surface area contributed by atoms with Crippen LogP contribution < -0.4 is 11.1 Å². The summed E-state index contributed by atoms with van der Waals surface area (Å²) in [5, 5.41) is 8.45. The van der Waals surface area contributed by atoms with E-state index in [1.165, 1.54) is 6.07 Å². The first-order chi connectivity index (χ1) is 16.5. The fraction of sp³-hybridized carbons (Fsp3) is 0.111. The van der Waals surface area contributed by atoms with Gasteiger partial charge in [0.25, 0.3) is 0 Å². The Balaban J connectivity index is 1.53. The zero-order chi connectivity index (χ0) is 23.7. The van der Waals surface area contributed by atoms with Crippen molar-refractivity contribution in [1.82, 2.24) is 14.8 Å². The zero-order valence-corrected chi connectivity index (χ0v) is 18.6. The molecule has 0 unspecified atom stereocenters. The monoisotopic (exact) mass is 455 g/mol. The van der Waals surface area contributed by atoms with Crippen LogP contribution in [0.25, 0.3) is 27.7 Å². The highest BCUT2D eigenvalue weighted by molar-refractivity contribution is 5.89. The van der Waals surface area contributed by atoms with Crippen LogP contribution in [0.3, 0.4) is 0 Å². The molecule has 0 aliphatic rings. The van der Waals surface area contributed by atoms with Gasteiger partial charge in [0.1, 0.15) is 11.3 Å². The lowest BCUT2D eigenvalue weighted by Gasteiger charge is -2.11. The summed E-state index contributed by atoms with van der Waals surface area (Å²) in [4.78, 5) is 3.98. The van der Waals surface area contributed by atoms with Crippen LogP contribution in [0.2, 0.25) is 0 Å². The van der Waals surface area contributed by atoms with Gasteiger partial charge in [-0.15, -0.1) is 0 Å². The molecule has 3 aromatic carbocycles. The number of halogens is 2. The molecule has 2 aromatic heterocycles. The molecule has 5 aromatic rings. The minimum absolute atomic E-state index is 0.190. The van der Waals surface area contributed by atoms with Gasteiger partial charge in [-0.2, -0.15) is 5.10 Å². The maximum atomic E-state index is 15.9. The number of rotatable bonds is 6. The molecule has 2 heterocycles. The first kappa shape index (κ1) is 21.7. The molecule has 34 heavy (non-hydrogen) atoms. The van der Waals surface area contributed by atoms with Crippen LogP contribution in [-0.4, -0.2) is 14.8 Å². The topological polar surface area (TPSA) is 68.8 Å². The molecule has 0 spiro atoms. The summed E-state index contributed by atoms with van der Waals surface area (Å²) >= 11 is 0. The standard InChI is InChI=1S/C27H23F2N5/c1-17-22-7-8-24(26(29)27(22)34(33-17)21-4-2-3-18(13-21)15-30)23-6-5-19(14-25(23)28)16-32-20-9-11-31-12-10-20/h2-14H,15-16,30H2,1H3,(H,31,32). The van der Waals surface area contributed by atoms with Crippen molar-refractivity contribution in [3.63, 3.8) is 0 Å². The summed E-state index contributed by atoms with van der Waals surface area (Å²) < 4.78 is 32.6. The van der Waals surface area contributed by atoms with E-state index in [4.69, 9.17) is 5.73 Å². The Bertz CT molecular complexity index is 1480. The van der Waals surface area contributed by atoms with Crippen molar-refractivity contribution < 1.29 is 8.78 Å². The Labute approximate surface area is 195 Å². The molecule has 0 bridgehead atoms. The number of nitrogens with zero attached hydrogens (tertiary/aromatic N) is 3. The lowest BCUT2D eigenvalue weighted by molar-refractivity contribution is 0.617. The number of pyridine rings is 1. The molecule has 0 aliphatic heterocycles. The van der Waals surface area contributed by atoms with E-state index in [1.807, 2.05) is 43.3 Å². The third kappa shape index (κ3) is 4.02. The summed E-state index contributed by atoms with van der Waals surface area (Å²) in [7, 11) is 0. The largest absolute Gasteiger partial charge is 0.381 e. The van der Waals surface area contributed by atoms with Crippen LogP contribution in [-0.2, 0) is 13.1 Å². The van der Waals surface area contributed by atoms with Crippen LogP contribution in [0.15, 0.2) is 79.1 Å². The first-order valence-electron chi connectivity index (χ1n) is 10.9. The fourth-order valence-electron chi connectivity index (χ4n) is 4.09. The normalized spacial score (nSPS) is 11.2. The van der Waals surface area contributed by atoms with Crippen molar-refractivity contribution in [3.8, 4) is 16.8 Å². The molecule has 0 saturated heterocycles. The highest BCUT2D eigenvalue weighted by Crippen LogP contribution is 2.33. The smallest absolute Gasteiger partial charge is 0.157 e. The predicted octanol–water partition coefficient (Wildman–Crippen LogP) is 5.74. The molecular formula is C27H23F2N5. The first-order valence-corrected chi connectivity index (χ1v) is 10.9. The second-order valence-electron chi connectivity index (χ2n) is 8.10. The quantitative estimate of drug-likeness (QED) is 0.342. The van der Waals surface area contributed by atoms with E-state index in [0.29, 0.717) is 35.4 Å². The number of nitrogens with one attached hydrogen (secondary N) is 1. The zero-order valence-electron chi connectivity index (χ0n) is 18.6. The van der Waals surface area contributed by atoms with Gasteiger partial charge in [-0.25, -0.2) is 13.5 Å². The fourth-order valence-corrected chi connectivity index (χ4v) is 4.09. The highest BCUT2D eigenvalue weighted by atomic mass is 19.1. The number of hydrogen-bond acceptors (Lipinski definition) is 4. The molecule has 0 aliphatic carbocycles. The average molecular weight is 456 g/mol. The van der Waals surface area contributed by atoms with Crippen molar-refractivity contribution >= 4 is 16.6 Å². The van der Waals surface area contributed by atoms with Gasteiger partial charge in [-0.05, 0) is 48.4 Å². The van der Waals surface area contributed by atoms with E-state index in [0.717, 1.165) is 16.8 Å². The van der Waals surface area contributed by atoms with Crippen molar-refractivity contribution in [1.29, 1.82) is 0 Å². The molecular weight excluding hydrogens is 432 g/mol. The van der Waals surface area contributed by atoms with Crippen molar-refractivity contribution in [2.24, 2.45) is 5.73 Å². The van der Waals surface area contributed by atoms with E-state index < -0.39 is 11.6 Å². The Morgan fingerprint density at radius 3 is 2.47 bits per heavy atom. The van der Waals surface area contributed by atoms with Gasteiger partial charge in [-0.3, -0.25) is 4.98 Å². The second kappa shape index (κ2) is 9.03. The Morgan fingerprint density at radius 1 is 0.912 bits per heavy atom. The van der Waals surface area contributed by atoms with Crippen molar-refractivity contribution in [2.45, 2.75) is 20.0 Å². The van der Waals surface area contributed by atoms with Gasteiger partial charge in [0.2, 0.25) is 0 Å². The van der Waals surface area contributed by atoms with Crippen LogP contribution in [0.5, 0.6) is 0 Å². The lowest BCUT2D eigenvalue weighted by Crippen LogP contribution is -2.03. The number of fused-ring (bicyclic) bond motifs is 1. The van der Waals surface area contributed by atoms with Gasteiger partial charge in [0.05, 0.1) is 11.4 Å². The Morgan fingerprint density at radius 2 is 1.71 bits per heavy atom. The van der Waals surface area contributed by atoms with Crippen molar-refractivity contribution in [2.75, 3.05) is 5.32 Å². The van der Waals surface area contributed by atoms with Gasteiger partial charge in [0, 0.05) is 47.7 Å². The second-order valence-corrected chi connectivity index (χ2v) is 8.10. The van der Waals surface area contributed by atoms with Crippen LogP contribution in [0.1, 0.15) is 16.8 Å². The minimum atomic E-state index is -0.516. The van der Waals surface area contributed by atoms with Crippen LogP contribution in [0.4, 0.5) is 14.5 Å². The maximum Gasteiger partial charge on any atom is 0.157 e.